The largest absolute Gasteiger partial charge is 0.310 e. The summed E-state index contributed by atoms with van der Waals surface area (Å²) < 4.78 is 0. The number of ketones is 1. The Morgan fingerprint density at radius 1 is 1.22 bits per heavy atom. The van der Waals surface area contributed by atoms with Crippen molar-refractivity contribution in [3.05, 3.63) is 35.9 Å². The van der Waals surface area contributed by atoms with Crippen LogP contribution in [0.15, 0.2) is 30.3 Å². The van der Waals surface area contributed by atoms with Crippen LogP contribution in [-0.2, 0) is 11.2 Å². The van der Waals surface area contributed by atoms with Crippen molar-refractivity contribution in [2.24, 2.45) is 5.92 Å². The Labute approximate surface area is 109 Å². The van der Waals surface area contributed by atoms with Crippen LogP contribution in [0.5, 0.6) is 0 Å². The molecule has 3 unspecified atom stereocenters. The summed E-state index contributed by atoms with van der Waals surface area (Å²) in [4.78, 5) is 12.2. The molecule has 2 aliphatic heterocycles. The first-order chi connectivity index (χ1) is 8.83. The number of benzene rings is 1. The molecule has 0 amide bonds. The maximum Gasteiger partial charge on any atom is 0.137 e. The highest BCUT2D eigenvalue weighted by Crippen LogP contribution is 2.34. The van der Waals surface area contributed by atoms with Gasteiger partial charge in [-0.25, -0.2) is 0 Å². The Hall–Kier alpha value is -1.15. The summed E-state index contributed by atoms with van der Waals surface area (Å²) in [6, 6.07) is 11.6. The van der Waals surface area contributed by atoms with Gasteiger partial charge in [0, 0.05) is 24.4 Å². The van der Waals surface area contributed by atoms with Crippen LogP contribution in [0, 0.1) is 5.92 Å². The Kier molecular flexibility index (Phi) is 3.46. The van der Waals surface area contributed by atoms with Crippen molar-refractivity contribution >= 4 is 5.78 Å². The monoisotopic (exact) mass is 243 g/mol. The molecule has 0 aliphatic carbocycles. The molecule has 0 aromatic heterocycles. The first-order valence-electron chi connectivity index (χ1n) is 7.15. The first-order valence-corrected chi connectivity index (χ1v) is 7.15. The van der Waals surface area contributed by atoms with Crippen molar-refractivity contribution < 1.29 is 4.79 Å². The number of rotatable bonds is 5. The Bertz CT molecular complexity index is 414. The van der Waals surface area contributed by atoms with Gasteiger partial charge in [0.2, 0.25) is 0 Å². The molecule has 2 heteroatoms. The second-order valence-corrected chi connectivity index (χ2v) is 5.70. The molecule has 0 radical (unpaired) electrons. The molecule has 0 spiro atoms. The highest BCUT2D eigenvalue weighted by molar-refractivity contribution is 5.82. The van der Waals surface area contributed by atoms with Gasteiger partial charge < -0.3 is 5.32 Å². The van der Waals surface area contributed by atoms with Gasteiger partial charge in [-0.3, -0.25) is 4.79 Å². The third kappa shape index (κ3) is 2.49. The lowest BCUT2D eigenvalue weighted by Crippen LogP contribution is -2.28. The van der Waals surface area contributed by atoms with E-state index in [0.29, 0.717) is 23.8 Å². The SMILES string of the molecule is O=C(CCCc1ccccc1)C1CC2CCC1N2. The maximum absolute atomic E-state index is 12.2. The minimum Gasteiger partial charge on any atom is -0.310 e. The molecule has 18 heavy (non-hydrogen) atoms. The molecule has 2 heterocycles. The summed E-state index contributed by atoms with van der Waals surface area (Å²) in [7, 11) is 0. The minimum atomic E-state index is 0.319. The van der Waals surface area contributed by atoms with E-state index in [4.69, 9.17) is 0 Å². The molecule has 1 aromatic rings. The number of hydrogen-bond acceptors (Lipinski definition) is 2. The molecule has 0 saturated carbocycles. The topological polar surface area (TPSA) is 29.1 Å². The second kappa shape index (κ2) is 5.23. The van der Waals surface area contributed by atoms with Crippen LogP contribution in [0.3, 0.4) is 0 Å². The molecule has 3 atom stereocenters. The predicted molar refractivity (Wildman–Crippen MR) is 72.4 cm³/mol. The van der Waals surface area contributed by atoms with Gasteiger partial charge in [-0.1, -0.05) is 30.3 Å². The molecule has 1 N–H and O–H groups in total. The van der Waals surface area contributed by atoms with Crippen LogP contribution >= 0.6 is 0 Å². The summed E-state index contributed by atoms with van der Waals surface area (Å²) in [5, 5.41) is 3.55. The third-order valence-corrected chi connectivity index (χ3v) is 4.45. The van der Waals surface area contributed by atoms with Gasteiger partial charge in [-0.05, 0) is 37.7 Å². The van der Waals surface area contributed by atoms with Crippen molar-refractivity contribution in [1.29, 1.82) is 0 Å². The molecule has 96 valence electrons. The van der Waals surface area contributed by atoms with Gasteiger partial charge in [0.05, 0.1) is 0 Å². The zero-order valence-corrected chi connectivity index (χ0v) is 10.8. The fourth-order valence-corrected chi connectivity index (χ4v) is 3.48. The Morgan fingerprint density at radius 2 is 2.06 bits per heavy atom. The van der Waals surface area contributed by atoms with Crippen LogP contribution in [-0.4, -0.2) is 17.9 Å². The lowest BCUT2D eigenvalue weighted by atomic mass is 9.84. The number of Topliss-reactive ketones (excluding diaryl/α,β-unsaturated/α-hetero) is 1. The van der Waals surface area contributed by atoms with Gasteiger partial charge >= 0.3 is 0 Å². The molecule has 2 aliphatic rings. The fourth-order valence-electron chi connectivity index (χ4n) is 3.48. The summed E-state index contributed by atoms with van der Waals surface area (Å²) in [5.74, 6) is 0.810. The average molecular weight is 243 g/mol. The lowest BCUT2D eigenvalue weighted by Gasteiger charge is -2.18. The number of hydrogen-bond donors (Lipinski definition) is 1. The van der Waals surface area contributed by atoms with Crippen LogP contribution in [0.25, 0.3) is 0 Å². The molecule has 2 bridgehead atoms. The molecule has 3 rings (SSSR count). The van der Waals surface area contributed by atoms with Gasteiger partial charge in [-0.15, -0.1) is 0 Å². The van der Waals surface area contributed by atoms with Crippen LogP contribution in [0.4, 0.5) is 0 Å². The molecule has 1 aromatic carbocycles. The molecular weight excluding hydrogens is 222 g/mol. The summed E-state index contributed by atoms with van der Waals surface area (Å²) in [6.07, 6.45) is 6.36. The lowest BCUT2D eigenvalue weighted by molar-refractivity contribution is -0.123. The second-order valence-electron chi connectivity index (χ2n) is 5.70. The number of carbonyl (C=O) groups is 1. The highest BCUT2D eigenvalue weighted by Gasteiger charge is 2.41. The van der Waals surface area contributed by atoms with E-state index in [1.807, 2.05) is 6.07 Å². The van der Waals surface area contributed by atoms with Crippen molar-refractivity contribution in [3.8, 4) is 0 Å². The molecule has 2 saturated heterocycles. The van der Waals surface area contributed by atoms with E-state index < -0.39 is 0 Å². The average Bonchev–Trinajstić information content (AvgIpc) is 3.02. The Morgan fingerprint density at radius 3 is 2.72 bits per heavy atom. The van der Waals surface area contributed by atoms with Crippen LogP contribution in [0.1, 0.15) is 37.7 Å². The van der Waals surface area contributed by atoms with Gasteiger partial charge in [-0.2, -0.15) is 0 Å². The van der Waals surface area contributed by atoms with Crippen molar-refractivity contribution in [2.75, 3.05) is 0 Å². The highest BCUT2D eigenvalue weighted by atomic mass is 16.1. The maximum atomic E-state index is 12.2. The zero-order chi connectivity index (χ0) is 12.4. The van der Waals surface area contributed by atoms with Gasteiger partial charge in [0.15, 0.2) is 0 Å². The molecule has 2 fully saturated rings. The number of aryl methyl sites for hydroxylation is 1. The standard InChI is InChI=1S/C16H21NO/c18-16(14-11-13-9-10-15(14)17-13)8-4-7-12-5-2-1-3-6-12/h1-3,5-6,13-15,17H,4,7-11H2. The molecular formula is C16H21NO. The van der Waals surface area contributed by atoms with Gasteiger partial charge in [0.25, 0.3) is 0 Å². The predicted octanol–water partition coefficient (Wildman–Crippen LogP) is 2.72. The van der Waals surface area contributed by atoms with E-state index in [1.165, 1.54) is 18.4 Å². The minimum absolute atomic E-state index is 0.319. The quantitative estimate of drug-likeness (QED) is 0.861. The normalized spacial score (nSPS) is 29.7. The van der Waals surface area contributed by atoms with Crippen molar-refractivity contribution in [2.45, 2.75) is 50.6 Å². The van der Waals surface area contributed by atoms with Crippen molar-refractivity contribution in [3.63, 3.8) is 0 Å². The van der Waals surface area contributed by atoms with Crippen molar-refractivity contribution in [1.82, 2.24) is 5.32 Å². The van der Waals surface area contributed by atoms with E-state index >= 15 is 0 Å². The fraction of sp³-hybridized carbons (Fsp3) is 0.562. The summed E-state index contributed by atoms with van der Waals surface area (Å²) >= 11 is 0. The first kappa shape index (κ1) is 11.9. The van der Waals surface area contributed by atoms with E-state index in [1.54, 1.807) is 0 Å². The summed E-state index contributed by atoms with van der Waals surface area (Å²) in [6.45, 7) is 0. The zero-order valence-electron chi connectivity index (χ0n) is 10.8. The number of carbonyl (C=O) groups excluding carboxylic acids is 1. The van der Waals surface area contributed by atoms with Crippen LogP contribution in [0.2, 0.25) is 0 Å². The van der Waals surface area contributed by atoms with E-state index in [2.05, 4.69) is 29.6 Å². The number of nitrogens with one attached hydrogen (secondary N) is 1. The van der Waals surface area contributed by atoms with E-state index in [9.17, 15) is 4.79 Å². The Balaban J connectivity index is 1.45. The molecule has 2 nitrogen and oxygen atoms in total. The number of fused-ring (bicyclic) bond motifs is 2. The van der Waals surface area contributed by atoms with E-state index in [0.717, 1.165) is 25.7 Å². The van der Waals surface area contributed by atoms with E-state index in [-0.39, 0.29) is 0 Å². The third-order valence-electron chi connectivity index (χ3n) is 4.45. The smallest absolute Gasteiger partial charge is 0.137 e. The summed E-state index contributed by atoms with van der Waals surface area (Å²) in [5.41, 5.74) is 1.34. The van der Waals surface area contributed by atoms with Crippen LogP contribution < -0.4 is 5.32 Å². The van der Waals surface area contributed by atoms with Gasteiger partial charge in [0.1, 0.15) is 5.78 Å².